The number of hydrogen-bond acceptors (Lipinski definition) is 4. The highest BCUT2D eigenvalue weighted by atomic mass is 19.1. The van der Waals surface area contributed by atoms with Gasteiger partial charge in [-0.05, 0) is 36.2 Å². The van der Waals surface area contributed by atoms with E-state index in [0.717, 1.165) is 4.68 Å². The molecule has 0 atom stereocenters. The number of rotatable bonds is 7. The van der Waals surface area contributed by atoms with Gasteiger partial charge in [-0.1, -0.05) is 13.8 Å². The Labute approximate surface area is 149 Å². The topological polar surface area (TPSA) is 92.5 Å². The molecule has 0 spiro atoms. The number of aromatic nitrogens is 2. The van der Waals surface area contributed by atoms with Gasteiger partial charge in [0, 0.05) is 19.2 Å². The summed E-state index contributed by atoms with van der Waals surface area (Å²) in [5, 5.41) is 12.9. The molecule has 2 aromatic rings. The van der Waals surface area contributed by atoms with Crippen LogP contribution in [0.2, 0.25) is 0 Å². The molecule has 138 valence electrons. The van der Waals surface area contributed by atoms with Crippen LogP contribution in [0.3, 0.4) is 0 Å². The Bertz CT molecular complexity index is 846. The van der Waals surface area contributed by atoms with Gasteiger partial charge in [0.1, 0.15) is 11.5 Å². The highest BCUT2D eigenvalue weighted by molar-refractivity contribution is 5.92. The second-order valence-corrected chi connectivity index (χ2v) is 6.23. The van der Waals surface area contributed by atoms with Crippen molar-refractivity contribution in [3.05, 3.63) is 58.3 Å². The molecular formula is C18H20FN3O4. The minimum atomic E-state index is -1.00. The Hall–Kier alpha value is -3.03. The largest absolute Gasteiger partial charge is 0.481 e. The average molecular weight is 361 g/mol. The quantitative estimate of drug-likeness (QED) is 0.814. The Kier molecular flexibility index (Phi) is 6.21. The van der Waals surface area contributed by atoms with Crippen LogP contribution in [0.25, 0.3) is 5.69 Å². The smallest absolute Gasteiger partial charge is 0.305 e. The molecule has 0 aliphatic heterocycles. The lowest BCUT2D eigenvalue weighted by atomic mass is 10.2. The number of amides is 1. The first-order valence-electron chi connectivity index (χ1n) is 8.15. The molecule has 0 aliphatic rings. The summed E-state index contributed by atoms with van der Waals surface area (Å²) < 4.78 is 14.1. The van der Waals surface area contributed by atoms with Crippen LogP contribution in [-0.4, -0.2) is 44.8 Å². The maximum Gasteiger partial charge on any atom is 0.305 e. The predicted molar refractivity (Wildman–Crippen MR) is 92.8 cm³/mol. The number of nitrogens with zero attached hydrogens (tertiary/aromatic N) is 3. The molecule has 1 heterocycles. The van der Waals surface area contributed by atoms with Crippen molar-refractivity contribution in [3.8, 4) is 5.69 Å². The van der Waals surface area contributed by atoms with E-state index in [1.807, 2.05) is 13.8 Å². The summed E-state index contributed by atoms with van der Waals surface area (Å²) >= 11 is 0. The van der Waals surface area contributed by atoms with Gasteiger partial charge in [0.25, 0.3) is 11.5 Å². The van der Waals surface area contributed by atoms with Gasteiger partial charge in [-0.15, -0.1) is 0 Å². The predicted octanol–water partition coefficient (Wildman–Crippen LogP) is 1.94. The molecule has 0 saturated heterocycles. The minimum absolute atomic E-state index is 0.0139. The average Bonchev–Trinajstić information content (AvgIpc) is 2.59. The number of carbonyl (C=O) groups excluding carboxylic acids is 1. The maximum atomic E-state index is 13.1. The zero-order chi connectivity index (χ0) is 19.3. The van der Waals surface area contributed by atoms with Gasteiger partial charge < -0.3 is 10.0 Å². The van der Waals surface area contributed by atoms with Crippen LogP contribution in [0, 0.1) is 11.7 Å². The SMILES string of the molecule is CC(C)CN(CCC(=O)O)C(=O)c1ccc(=O)n(-c2ccc(F)cc2)n1. The van der Waals surface area contributed by atoms with Crippen LogP contribution in [0.15, 0.2) is 41.2 Å². The van der Waals surface area contributed by atoms with Crippen LogP contribution in [-0.2, 0) is 4.79 Å². The van der Waals surface area contributed by atoms with Crippen molar-refractivity contribution in [2.24, 2.45) is 5.92 Å². The standard InChI is InChI=1S/C18H20FN3O4/c1-12(2)11-21(10-9-17(24)25)18(26)15-7-8-16(23)22(20-15)14-5-3-13(19)4-6-14/h3-8,12H,9-11H2,1-2H3,(H,24,25). The molecule has 0 bridgehead atoms. The van der Waals surface area contributed by atoms with Gasteiger partial charge in [0.15, 0.2) is 0 Å². The van der Waals surface area contributed by atoms with Crippen molar-refractivity contribution in [1.82, 2.24) is 14.7 Å². The summed E-state index contributed by atoms with van der Waals surface area (Å²) in [6.07, 6.45) is -0.184. The summed E-state index contributed by atoms with van der Waals surface area (Å²) in [5.74, 6) is -1.78. The molecule has 0 fully saturated rings. The van der Waals surface area contributed by atoms with Gasteiger partial charge in [-0.2, -0.15) is 9.78 Å². The molecule has 2 rings (SSSR count). The number of hydrogen-bond donors (Lipinski definition) is 1. The summed E-state index contributed by atoms with van der Waals surface area (Å²) in [5.41, 5.74) is -0.124. The van der Waals surface area contributed by atoms with Gasteiger partial charge in [0.05, 0.1) is 12.1 Å². The first-order valence-corrected chi connectivity index (χ1v) is 8.15. The summed E-state index contributed by atoms with van der Waals surface area (Å²) in [6, 6.07) is 7.65. The molecule has 0 unspecified atom stereocenters. The van der Waals surface area contributed by atoms with Crippen molar-refractivity contribution in [2.45, 2.75) is 20.3 Å². The van der Waals surface area contributed by atoms with Gasteiger partial charge in [-0.25, -0.2) is 4.39 Å². The zero-order valence-corrected chi connectivity index (χ0v) is 14.6. The van der Waals surface area contributed by atoms with Crippen LogP contribution in [0.4, 0.5) is 4.39 Å². The molecule has 1 aromatic heterocycles. The Morgan fingerprint density at radius 3 is 2.42 bits per heavy atom. The number of carboxylic acids is 1. The Morgan fingerprint density at radius 2 is 1.85 bits per heavy atom. The fourth-order valence-electron chi connectivity index (χ4n) is 2.40. The molecule has 8 heteroatoms. The third-order valence-corrected chi connectivity index (χ3v) is 3.56. The summed E-state index contributed by atoms with van der Waals surface area (Å²) in [4.78, 5) is 37.0. The number of halogens is 1. The first-order chi connectivity index (χ1) is 12.3. The minimum Gasteiger partial charge on any atom is -0.481 e. The number of carbonyl (C=O) groups is 2. The third-order valence-electron chi connectivity index (χ3n) is 3.56. The van der Waals surface area contributed by atoms with E-state index < -0.39 is 23.3 Å². The number of carboxylic acid groups (broad SMARTS) is 1. The van der Waals surface area contributed by atoms with E-state index in [-0.39, 0.29) is 24.6 Å². The van der Waals surface area contributed by atoms with Crippen molar-refractivity contribution >= 4 is 11.9 Å². The highest BCUT2D eigenvalue weighted by Crippen LogP contribution is 2.09. The van der Waals surface area contributed by atoms with Gasteiger partial charge >= 0.3 is 5.97 Å². The monoisotopic (exact) mass is 361 g/mol. The second kappa shape index (κ2) is 8.37. The molecule has 0 radical (unpaired) electrons. The summed E-state index contributed by atoms with van der Waals surface area (Å²) in [6.45, 7) is 4.23. The van der Waals surface area contributed by atoms with Crippen molar-refractivity contribution in [3.63, 3.8) is 0 Å². The molecule has 0 aliphatic carbocycles. The van der Waals surface area contributed by atoms with Crippen LogP contribution >= 0.6 is 0 Å². The van der Waals surface area contributed by atoms with Crippen LogP contribution in [0.5, 0.6) is 0 Å². The van der Waals surface area contributed by atoms with E-state index in [0.29, 0.717) is 12.2 Å². The lowest BCUT2D eigenvalue weighted by Gasteiger charge is -2.23. The molecule has 0 saturated carbocycles. The third kappa shape index (κ3) is 4.98. The van der Waals surface area contributed by atoms with Gasteiger partial charge in [0.2, 0.25) is 0 Å². The van der Waals surface area contributed by atoms with E-state index in [1.54, 1.807) is 0 Å². The Morgan fingerprint density at radius 1 is 1.19 bits per heavy atom. The fraction of sp³-hybridized carbons (Fsp3) is 0.333. The molecule has 7 nitrogen and oxygen atoms in total. The van der Waals surface area contributed by atoms with E-state index in [9.17, 15) is 18.8 Å². The Balaban J connectivity index is 2.34. The molecule has 1 aromatic carbocycles. The van der Waals surface area contributed by atoms with E-state index >= 15 is 0 Å². The molecule has 26 heavy (non-hydrogen) atoms. The molecule has 1 amide bonds. The lowest BCUT2D eigenvalue weighted by Crippen LogP contribution is -2.37. The highest BCUT2D eigenvalue weighted by Gasteiger charge is 2.20. The fourth-order valence-corrected chi connectivity index (χ4v) is 2.40. The molecular weight excluding hydrogens is 341 g/mol. The first kappa shape index (κ1) is 19.3. The molecule has 1 N–H and O–H groups in total. The van der Waals surface area contributed by atoms with E-state index in [2.05, 4.69) is 5.10 Å². The second-order valence-electron chi connectivity index (χ2n) is 6.23. The summed E-state index contributed by atoms with van der Waals surface area (Å²) in [7, 11) is 0. The van der Waals surface area contributed by atoms with E-state index in [1.165, 1.54) is 41.3 Å². The van der Waals surface area contributed by atoms with Crippen molar-refractivity contribution in [2.75, 3.05) is 13.1 Å². The van der Waals surface area contributed by atoms with Crippen LogP contribution in [0.1, 0.15) is 30.8 Å². The number of aliphatic carboxylic acids is 1. The zero-order valence-electron chi connectivity index (χ0n) is 14.6. The maximum absolute atomic E-state index is 13.1. The number of benzene rings is 1. The van der Waals surface area contributed by atoms with Crippen molar-refractivity contribution < 1.29 is 19.1 Å². The van der Waals surface area contributed by atoms with E-state index in [4.69, 9.17) is 5.11 Å². The van der Waals surface area contributed by atoms with Crippen molar-refractivity contribution in [1.29, 1.82) is 0 Å². The van der Waals surface area contributed by atoms with Gasteiger partial charge in [-0.3, -0.25) is 14.4 Å². The lowest BCUT2D eigenvalue weighted by molar-refractivity contribution is -0.137. The normalized spacial score (nSPS) is 10.8. The van der Waals surface area contributed by atoms with Crippen LogP contribution < -0.4 is 5.56 Å².